The number of amides is 2. The highest BCUT2D eigenvalue weighted by atomic mass is 16.5. The molecule has 3 aromatic rings. The van der Waals surface area contributed by atoms with Gasteiger partial charge in [-0.05, 0) is 23.8 Å². The normalized spacial score (nSPS) is 12.2. The summed E-state index contributed by atoms with van der Waals surface area (Å²) in [4.78, 5) is 31.1. The Balaban J connectivity index is 1.43. The van der Waals surface area contributed by atoms with Gasteiger partial charge in [0.05, 0.1) is 6.54 Å². The van der Waals surface area contributed by atoms with Crippen LogP contribution in [-0.2, 0) is 22.7 Å². The summed E-state index contributed by atoms with van der Waals surface area (Å²) in [5.74, 6) is 0.775. The van der Waals surface area contributed by atoms with Crippen LogP contribution in [0.3, 0.4) is 0 Å². The molecule has 0 fully saturated rings. The Kier molecular flexibility index (Phi) is 5.52. The van der Waals surface area contributed by atoms with Crippen LogP contribution >= 0.6 is 0 Å². The van der Waals surface area contributed by atoms with Crippen LogP contribution in [0.1, 0.15) is 24.0 Å². The van der Waals surface area contributed by atoms with Crippen LogP contribution in [-0.4, -0.2) is 16.8 Å². The van der Waals surface area contributed by atoms with Gasteiger partial charge >= 0.3 is 0 Å². The minimum Gasteiger partial charge on any atom is -0.437 e. The number of fused-ring (bicyclic) bond motifs is 2. The minimum absolute atomic E-state index is 0.108. The van der Waals surface area contributed by atoms with Crippen molar-refractivity contribution < 1.29 is 14.3 Å². The minimum atomic E-state index is -0.153. The van der Waals surface area contributed by atoms with Crippen molar-refractivity contribution in [3.63, 3.8) is 0 Å². The van der Waals surface area contributed by atoms with Gasteiger partial charge in [0.1, 0.15) is 11.4 Å². The molecular weight excluding hydrogens is 366 g/mol. The third-order valence-corrected chi connectivity index (χ3v) is 4.75. The maximum absolute atomic E-state index is 13.0. The summed E-state index contributed by atoms with van der Waals surface area (Å²) in [5.41, 5.74) is 2.53. The maximum atomic E-state index is 13.0. The van der Waals surface area contributed by atoms with Crippen LogP contribution in [0.4, 0.5) is 5.69 Å². The Labute approximate surface area is 169 Å². The summed E-state index contributed by atoms with van der Waals surface area (Å²) in [5, 5.41) is 2.86. The zero-order valence-electron chi connectivity index (χ0n) is 15.9. The summed E-state index contributed by atoms with van der Waals surface area (Å²) < 4.78 is 5.91. The number of carbonyl (C=O) groups excluding carboxylic acids is 2. The van der Waals surface area contributed by atoms with E-state index in [-0.39, 0.29) is 24.7 Å². The van der Waals surface area contributed by atoms with E-state index >= 15 is 0 Å². The van der Waals surface area contributed by atoms with Gasteiger partial charge in [-0.2, -0.15) is 0 Å². The number of nitrogens with one attached hydrogen (secondary N) is 1. The van der Waals surface area contributed by atoms with E-state index < -0.39 is 0 Å². The lowest BCUT2D eigenvalue weighted by Crippen LogP contribution is -2.31. The number of aromatic nitrogens is 1. The summed E-state index contributed by atoms with van der Waals surface area (Å²) >= 11 is 0. The number of hydrogen-bond donors (Lipinski definition) is 1. The van der Waals surface area contributed by atoms with Crippen LogP contribution in [0.15, 0.2) is 72.9 Å². The van der Waals surface area contributed by atoms with Gasteiger partial charge in [0.2, 0.25) is 17.7 Å². The molecule has 146 valence electrons. The van der Waals surface area contributed by atoms with Crippen molar-refractivity contribution in [2.45, 2.75) is 25.9 Å². The molecule has 1 aromatic heterocycles. The number of ether oxygens (including phenoxy) is 1. The first kappa shape index (κ1) is 18.7. The third kappa shape index (κ3) is 4.43. The average molecular weight is 387 g/mol. The molecule has 0 unspecified atom stereocenters. The van der Waals surface area contributed by atoms with Crippen molar-refractivity contribution in [1.29, 1.82) is 0 Å². The number of pyridine rings is 1. The van der Waals surface area contributed by atoms with Gasteiger partial charge in [-0.15, -0.1) is 0 Å². The highest BCUT2D eigenvalue weighted by Crippen LogP contribution is 2.37. The number of benzene rings is 2. The van der Waals surface area contributed by atoms with Gasteiger partial charge in [-0.3, -0.25) is 9.59 Å². The quantitative estimate of drug-likeness (QED) is 0.723. The van der Waals surface area contributed by atoms with Crippen molar-refractivity contribution in [3.05, 3.63) is 84.1 Å². The molecule has 1 aliphatic rings. The molecule has 29 heavy (non-hydrogen) atoms. The molecule has 4 rings (SSSR count). The second-order valence-electron chi connectivity index (χ2n) is 6.78. The molecule has 0 spiro atoms. The number of para-hydroxylation sites is 1. The molecule has 2 amide bonds. The van der Waals surface area contributed by atoms with Crippen LogP contribution in [0, 0.1) is 0 Å². The van der Waals surface area contributed by atoms with E-state index in [0.717, 1.165) is 11.1 Å². The van der Waals surface area contributed by atoms with E-state index in [1.165, 1.54) is 0 Å². The number of hydrogen-bond acceptors (Lipinski definition) is 4. The molecule has 1 N–H and O–H groups in total. The lowest BCUT2D eigenvalue weighted by Gasteiger charge is -2.21. The second kappa shape index (κ2) is 8.56. The molecule has 2 aromatic carbocycles. The molecule has 6 nitrogen and oxygen atoms in total. The highest BCUT2D eigenvalue weighted by Gasteiger charge is 2.26. The zero-order valence-corrected chi connectivity index (χ0v) is 15.9. The second-order valence-corrected chi connectivity index (χ2v) is 6.78. The van der Waals surface area contributed by atoms with Crippen LogP contribution in [0.25, 0.3) is 0 Å². The fraction of sp³-hybridized carbons (Fsp3) is 0.174. The van der Waals surface area contributed by atoms with Gasteiger partial charge < -0.3 is 15.0 Å². The molecule has 0 saturated carbocycles. The molecule has 0 radical (unpaired) electrons. The molecule has 0 aliphatic carbocycles. The molecule has 0 saturated heterocycles. The van der Waals surface area contributed by atoms with Crippen molar-refractivity contribution in [2.75, 3.05) is 4.90 Å². The zero-order chi connectivity index (χ0) is 20.1. The number of nitrogens with zero attached hydrogens (tertiary/aromatic N) is 2. The first-order valence-electron chi connectivity index (χ1n) is 9.52. The van der Waals surface area contributed by atoms with Crippen molar-refractivity contribution in [1.82, 2.24) is 10.3 Å². The Morgan fingerprint density at radius 2 is 1.76 bits per heavy atom. The van der Waals surface area contributed by atoms with Crippen molar-refractivity contribution in [3.8, 4) is 11.6 Å². The van der Waals surface area contributed by atoms with E-state index in [0.29, 0.717) is 30.4 Å². The van der Waals surface area contributed by atoms with Crippen molar-refractivity contribution in [2.24, 2.45) is 0 Å². The third-order valence-electron chi connectivity index (χ3n) is 4.75. The summed E-state index contributed by atoms with van der Waals surface area (Å²) in [6.45, 7) is 0.824. The molecule has 0 bridgehead atoms. The van der Waals surface area contributed by atoms with Gasteiger partial charge in [-0.1, -0.05) is 48.5 Å². The van der Waals surface area contributed by atoms with E-state index in [1.54, 1.807) is 17.2 Å². The van der Waals surface area contributed by atoms with E-state index in [4.69, 9.17) is 4.74 Å². The van der Waals surface area contributed by atoms with E-state index in [9.17, 15) is 9.59 Å². The molecule has 2 heterocycles. The Morgan fingerprint density at radius 1 is 0.966 bits per heavy atom. The predicted molar refractivity (Wildman–Crippen MR) is 109 cm³/mol. The summed E-state index contributed by atoms with van der Waals surface area (Å²) in [7, 11) is 0. The fourth-order valence-corrected chi connectivity index (χ4v) is 3.22. The number of carbonyl (C=O) groups is 2. The first-order chi connectivity index (χ1) is 14.2. The van der Waals surface area contributed by atoms with Gasteiger partial charge in [0, 0.05) is 31.1 Å². The first-order valence-corrected chi connectivity index (χ1v) is 9.52. The largest absolute Gasteiger partial charge is 0.437 e. The highest BCUT2D eigenvalue weighted by molar-refractivity contribution is 5.96. The number of anilines is 1. The van der Waals surface area contributed by atoms with E-state index in [2.05, 4.69) is 10.3 Å². The lowest BCUT2D eigenvalue weighted by molar-refractivity contribution is -0.125. The Hall–Kier alpha value is -3.67. The summed E-state index contributed by atoms with van der Waals surface area (Å²) in [6, 6.07) is 20.8. The molecule has 1 aliphatic heterocycles. The standard InChI is InChI=1S/C23H21N3O3/c27-21(25-15-17-7-2-1-3-8-17)12-13-22(28)26-16-18-9-4-5-11-20(18)29-23-19(26)10-6-14-24-23/h1-11,14H,12-13,15-16H2,(H,25,27). The fourth-order valence-electron chi connectivity index (χ4n) is 3.22. The SMILES string of the molecule is O=C(CCC(=O)N1Cc2ccccc2Oc2ncccc21)NCc1ccccc1. The average Bonchev–Trinajstić information content (AvgIpc) is 2.93. The van der Waals surface area contributed by atoms with Gasteiger partial charge in [0.25, 0.3) is 0 Å². The Morgan fingerprint density at radius 3 is 2.62 bits per heavy atom. The number of rotatable bonds is 5. The van der Waals surface area contributed by atoms with Gasteiger partial charge in [0.15, 0.2) is 0 Å². The van der Waals surface area contributed by atoms with Crippen LogP contribution in [0.5, 0.6) is 11.6 Å². The van der Waals surface area contributed by atoms with Crippen LogP contribution in [0.2, 0.25) is 0 Å². The van der Waals surface area contributed by atoms with Gasteiger partial charge in [-0.25, -0.2) is 4.98 Å². The van der Waals surface area contributed by atoms with E-state index in [1.807, 2.05) is 60.7 Å². The predicted octanol–water partition coefficient (Wildman–Crippen LogP) is 3.82. The monoisotopic (exact) mass is 387 g/mol. The van der Waals surface area contributed by atoms with Crippen LogP contribution < -0.4 is 15.0 Å². The smallest absolute Gasteiger partial charge is 0.243 e. The summed E-state index contributed by atoms with van der Waals surface area (Å²) in [6.07, 6.45) is 1.86. The Bertz CT molecular complexity index is 1020. The maximum Gasteiger partial charge on any atom is 0.243 e. The molecule has 0 atom stereocenters. The lowest BCUT2D eigenvalue weighted by atomic mass is 10.1. The molecule has 6 heteroatoms. The topological polar surface area (TPSA) is 71.5 Å². The van der Waals surface area contributed by atoms with Crippen molar-refractivity contribution >= 4 is 17.5 Å². The molecular formula is C23H21N3O3.